The molecule has 0 aliphatic heterocycles. The molecule has 5 heteroatoms. The Morgan fingerprint density at radius 3 is 3.00 bits per heavy atom. The molecule has 2 unspecified atom stereocenters. The van der Waals surface area contributed by atoms with E-state index in [0.29, 0.717) is 18.4 Å². The second-order valence-electron chi connectivity index (χ2n) is 5.26. The van der Waals surface area contributed by atoms with Gasteiger partial charge in [-0.2, -0.15) is 4.98 Å². The summed E-state index contributed by atoms with van der Waals surface area (Å²) in [5.74, 6) is 1.54. The molecule has 1 aromatic carbocycles. The van der Waals surface area contributed by atoms with E-state index in [1.54, 1.807) is 7.11 Å². The van der Waals surface area contributed by atoms with Crippen LogP contribution in [0.3, 0.4) is 0 Å². The lowest BCUT2D eigenvalue weighted by atomic mass is 9.83. The molecule has 2 N–H and O–H groups in total. The van der Waals surface area contributed by atoms with Crippen LogP contribution >= 0.6 is 0 Å². The molecule has 1 aromatic heterocycles. The third kappa shape index (κ3) is 2.59. The standard InChI is InChI=1S/C15H19N3O2/c1-19-9-13(16)15-17-14(18-20-15)12-7-6-10-4-2-3-5-11(10)8-12/h2-5,12-13H,6-9,16H2,1H3. The Morgan fingerprint density at radius 1 is 1.40 bits per heavy atom. The van der Waals surface area contributed by atoms with E-state index in [0.717, 1.165) is 25.1 Å². The molecule has 0 saturated heterocycles. The first-order chi connectivity index (χ1) is 9.78. The zero-order valence-corrected chi connectivity index (χ0v) is 11.6. The van der Waals surface area contributed by atoms with Crippen molar-refractivity contribution in [2.24, 2.45) is 5.73 Å². The maximum Gasteiger partial charge on any atom is 0.245 e. The van der Waals surface area contributed by atoms with E-state index < -0.39 is 0 Å². The highest BCUT2D eigenvalue weighted by atomic mass is 16.5. The normalized spacial score (nSPS) is 19.6. The largest absolute Gasteiger partial charge is 0.383 e. The molecule has 3 rings (SSSR count). The molecular formula is C15H19N3O2. The number of benzene rings is 1. The lowest BCUT2D eigenvalue weighted by Crippen LogP contribution is -2.17. The highest BCUT2D eigenvalue weighted by Gasteiger charge is 2.25. The van der Waals surface area contributed by atoms with Crippen molar-refractivity contribution >= 4 is 0 Å². The van der Waals surface area contributed by atoms with Crippen molar-refractivity contribution in [3.05, 3.63) is 47.1 Å². The topological polar surface area (TPSA) is 74.2 Å². The summed E-state index contributed by atoms with van der Waals surface area (Å²) >= 11 is 0. The number of hydrogen-bond donors (Lipinski definition) is 1. The zero-order chi connectivity index (χ0) is 13.9. The van der Waals surface area contributed by atoms with Crippen LogP contribution in [-0.4, -0.2) is 23.9 Å². The summed E-state index contributed by atoms with van der Waals surface area (Å²) in [4.78, 5) is 4.44. The zero-order valence-electron chi connectivity index (χ0n) is 11.6. The Bertz CT molecular complexity index is 582. The number of aromatic nitrogens is 2. The smallest absolute Gasteiger partial charge is 0.245 e. The van der Waals surface area contributed by atoms with E-state index in [-0.39, 0.29) is 6.04 Å². The number of fused-ring (bicyclic) bond motifs is 1. The number of ether oxygens (including phenoxy) is 1. The number of methoxy groups -OCH3 is 1. The van der Waals surface area contributed by atoms with Gasteiger partial charge in [-0.25, -0.2) is 0 Å². The van der Waals surface area contributed by atoms with Gasteiger partial charge in [0.05, 0.1) is 6.61 Å². The fraction of sp³-hybridized carbons (Fsp3) is 0.467. The van der Waals surface area contributed by atoms with Gasteiger partial charge >= 0.3 is 0 Å². The van der Waals surface area contributed by atoms with Gasteiger partial charge in [0, 0.05) is 13.0 Å². The van der Waals surface area contributed by atoms with Crippen molar-refractivity contribution < 1.29 is 9.26 Å². The van der Waals surface area contributed by atoms with E-state index in [1.807, 2.05) is 0 Å². The van der Waals surface area contributed by atoms with Crippen LogP contribution in [0.4, 0.5) is 0 Å². The molecule has 1 aliphatic rings. The summed E-state index contributed by atoms with van der Waals surface area (Å²) in [5.41, 5.74) is 8.72. The summed E-state index contributed by atoms with van der Waals surface area (Å²) < 4.78 is 10.3. The first-order valence-corrected chi connectivity index (χ1v) is 6.92. The van der Waals surface area contributed by atoms with Gasteiger partial charge in [-0.3, -0.25) is 0 Å². The average Bonchev–Trinajstić information content (AvgIpc) is 2.97. The number of nitrogens with zero attached hydrogens (tertiary/aromatic N) is 2. The van der Waals surface area contributed by atoms with E-state index in [4.69, 9.17) is 15.0 Å². The molecule has 0 saturated carbocycles. The van der Waals surface area contributed by atoms with Gasteiger partial charge in [-0.1, -0.05) is 29.4 Å². The van der Waals surface area contributed by atoms with Crippen molar-refractivity contribution in [1.82, 2.24) is 10.1 Å². The molecule has 0 amide bonds. The van der Waals surface area contributed by atoms with Gasteiger partial charge in [0.25, 0.3) is 0 Å². The Balaban J connectivity index is 1.75. The van der Waals surface area contributed by atoms with Crippen molar-refractivity contribution in [3.8, 4) is 0 Å². The first kappa shape index (κ1) is 13.3. The Hall–Kier alpha value is -1.72. The molecule has 20 heavy (non-hydrogen) atoms. The summed E-state index contributed by atoms with van der Waals surface area (Å²) in [6.07, 6.45) is 3.08. The third-order valence-electron chi connectivity index (χ3n) is 3.83. The number of nitrogens with two attached hydrogens (primary N) is 1. The molecule has 1 aliphatic carbocycles. The lowest BCUT2D eigenvalue weighted by molar-refractivity contribution is 0.166. The summed E-state index contributed by atoms with van der Waals surface area (Å²) in [6, 6.07) is 8.20. The molecule has 2 atom stereocenters. The average molecular weight is 273 g/mol. The molecule has 1 heterocycles. The molecule has 5 nitrogen and oxygen atoms in total. The van der Waals surface area contributed by atoms with Gasteiger partial charge in [0.1, 0.15) is 6.04 Å². The van der Waals surface area contributed by atoms with Crippen molar-refractivity contribution in [1.29, 1.82) is 0 Å². The van der Waals surface area contributed by atoms with Gasteiger partial charge in [0.2, 0.25) is 5.89 Å². The Labute approximate surface area is 118 Å². The van der Waals surface area contributed by atoms with Crippen LogP contribution in [0.1, 0.15) is 41.2 Å². The van der Waals surface area contributed by atoms with Gasteiger partial charge in [-0.05, 0) is 30.4 Å². The highest BCUT2D eigenvalue weighted by Crippen LogP contribution is 2.31. The third-order valence-corrected chi connectivity index (χ3v) is 3.83. The van der Waals surface area contributed by atoms with Crippen molar-refractivity contribution in [2.75, 3.05) is 13.7 Å². The van der Waals surface area contributed by atoms with Crippen LogP contribution in [0.2, 0.25) is 0 Å². The van der Waals surface area contributed by atoms with Crippen LogP contribution < -0.4 is 5.73 Å². The van der Waals surface area contributed by atoms with E-state index in [2.05, 4.69) is 34.4 Å². The Kier molecular flexibility index (Phi) is 3.80. The first-order valence-electron chi connectivity index (χ1n) is 6.92. The van der Waals surface area contributed by atoms with Gasteiger partial charge < -0.3 is 15.0 Å². The second-order valence-corrected chi connectivity index (χ2v) is 5.26. The quantitative estimate of drug-likeness (QED) is 0.922. The lowest BCUT2D eigenvalue weighted by Gasteiger charge is -2.21. The summed E-state index contributed by atoms with van der Waals surface area (Å²) in [5, 5.41) is 4.09. The van der Waals surface area contributed by atoms with Crippen LogP contribution in [0.15, 0.2) is 28.8 Å². The highest BCUT2D eigenvalue weighted by molar-refractivity contribution is 5.31. The molecule has 0 bridgehead atoms. The van der Waals surface area contributed by atoms with Crippen molar-refractivity contribution in [2.45, 2.75) is 31.2 Å². The molecule has 106 valence electrons. The fourth-order valence-electron chi connectivity index (χ4n) is 2.73. The minimum atomic E-state index is -0.350. The van der Waals surface area contributed by atoms with E-state index in [9.17, 15) is 0 Å². The number of aryl methyl sites for hydroxylation is 1. The SMILES string of the molecule is COCC(N)c1nc(C2CCc3ccccc3C2)no1. The minimum Gasteiger partial charge on any atom is -0.383 e. The fourth-order valence-corrected chi connectivity index (χ4v) is 2.73. The molecular weight excluding hydrogens is 254 g/mol. The minimum absolute atomic E-state index is 0.317. The van der Waals surface area contributed by atoms with Gasteiger partial charge in [0.15, 0.2) is 5.82 Å². The summed E-state index contributed by atoms with van der Waals surface area (Å²) in [6.45, 7) is 0.384. The molecule has 0 spiro atoms. The van der Waals surface area contributed by atoms with Crippen LogP contribution in [0, 0.1) is 0 Å². The molecule has 0 radical (unpaired) electrons. The molecule has 0 fully saturated rings. The maximum absolute atomic E-state index is 5.90. The van der Waals surface area contributed by atoms with Crippen LogP contribution in [0.5, 0.6) is 0 Å². The van der Waals surface area contributed by atoms with Gasteiger partial charge in [-0.15, -0.1) is 0 Å². The maximum atomic E-state index is 5.90. The van der Waals surface area contributed by atoms with E-state index in [1.165, 1.54) is 11.1 Å². The van der Waals surface area contributed by atoms with Crippen LogP contribution in [-0.2, 0) is 17.6 Å². The monoisotopic (exact) mass is 273 g/mol. The van der Waals surface area contributed by atoms with E-state index >= 15 is 0 Å². The molecule has 2 aromatic rings. The second kappa shape index (κ2) is 5.73. The van der Waals surface area contributed by atoms with Crippen molar-refractivity contribution in [3.63, 3.8) is 0 Å². The number of rotatable bonds is 4. The van der Waals surface area contributed by atoms with Crippen LogP contribution in [0.25, 0.3) is 0 Å². The summed E-state index contributed by atoms with van der Waals surface area (Å²) in [7, 11) is 1.61. The Morgan fingerprint density at radius 2 is 2.20 bits per heavy atom. The predicted molar refractivity (Wildman–Crippen MR) is 74.3 cm³/mol. The predicted octanol–water partition coefficient (Wildman–Crippen LogP) is 1.99. The number of hydrogen-bond acceptors (Lipinski definition) is 5.